The zero-order valence-electron chi connectivity index (χ0n) is 10.4. The maximum atomic E-state index is 13.5. The predicted octanol–water partition coefficient (Wildman–Crippen LogP) is 0.439. The molecule has 0 unspecified atom stereocenters. The molecule has 1 aromatic rings. The van der Waals surface area contributed by atoms with Gasteiger partial charge in [-0.25, -0.2) is 14.2 Å². The van der Waals surface area contributed by atoms with Crippen LogP contribution in [0.15, 0.2) is 18.2 Å². The molecule has 0 aromatic heterocycles. The summed E-state index contributed by atoms with van der Waals surface area (Å²) < 4.78 is 13.5. The summed E-state index contributed by atoms with van der Waals surface area (Å²) in [5.41, 5.74) is 6.95. The molecule has 102 valence electrons. The van der Waals surface area contributed by atoms with Crippen molar-refractivity contribution in [2.45, 2.75) is 6.92 Å². The van der Waals surface area contributed by atoms with Gasteiger partial charge in [-0.15, -0.1) is 0 Å². The predicted molar refractivity (Wildman–Crippen MR) is 65.5 cm³/mol. The number of benzene rings is 1. The van der Waals surface area contributed by atoms with Gasteiger partial charge >= 0.3 is 6.03 Å². The lowest BCUT2D eigenvalue weighted by molar-refractivity contribution is -0.114. The van der Waals surface area contributed by atoms with E-state index < -0.39 is 17.8 Å². The first-order valence-electron chi connectivity index (χ1n) is 5.22. The van der Waals surface area contributed by atoms with Crippen LogP contribution in [0.25, 0.3) is 0 Å². The van der Waals surface area contributed by atoms with Gasteiger partial charge in [0.15, 0.2) is 0 Å². The molecule has 0 aliphatic heterocycles. The van der Waals surface area contributed by atoms with E-state index in [0.29, 0.717) is 5.01 Å². The third-order valence-corrected chi connectivity index (χ3v) is 2.13. The molecule has 0 atom stereocenters. The van der Waals surface area contributed by atoms with Crippen LogP contribution in [0.2, 0.25) is 0 Å². The van der Waals surface area contributed by atoms with Crippen LogP contribution in [-0.4, -0.2) is 29.9 Å². The molecule has 0 aliphatic rings. The molecule has 8 heteroatoms. The molecule has 19 heavy (non-hydrogen) atoms. The van der Waals surface area contributed by atoms with E-state index in [4.69, 9.17) is 5.73 Å². The molecule has 0 bridgehead atoms. The molecule has 1 aromatic carbocycles. The number of hydrogen-bond donors (Lipinski definition) is 3. The third kappa shape index (κ3) is 3.95. The lowest BCUT2D eigenvalue weighted by atomic mass is 10.1. The summed E-state index contributed by atoms with van der Waals surface area (Å²) in [6, 6.07) is 2.60. The summed E-state index contributed by atoms with van der Waals surface area (Å²) in [7, 11) is 1.22. The van der Waals surface area contributed by atoms with E-state index in [1.807, 2.05) is 0 Å². The number of amides is 4. The Bertz CT molecular complexity index is 533. The molecule has 4 N–H and O–H groups in total. The standard InChI is InChI=1S/C11H13FN4O3/c1-6(17)14-7-3-4-9(12)8(5-7)10(18)15-16(2)11(13)19/h3-5H,1-2H3,(H2,13,19)(H,14,17)(H,15,18). The first-order valence-corrected chi connectivity index (χ1v) is 5.22. The Balaban J connectivity index is 2.95. The summed E-state index contributed by atoms with van der Waals surface area (Å²) in [4.78, 5) is 33.3. The Kier molecular flexibility index (Phi) is 4.41. The fraction of sp³-hybridized carbons (Fsp3) is 0.182. The fourth-order valence-corrected chi connectivity index (χ4v) is 1.25. The highest BCUT2D eigenvalue weighted by Gasteiger charge is 2.15. The van der Waals surface area contributed by atoms with Crippen LogP contribution in [0.4, 0.5) is 14.9 Å². The van der Waals surface area contributed by atoms with Gasteiger partial charge in [0.05, 0.1) is 5.56 Å². The fourth-order valence-electron chi connectivity index (χ4n) is 1.25. The number of carbonyl (C=O) groups excluding carboxylic acids is 3. The van der Waals surface area contributed by atoms with Gasteiger partial charge in [0, 0.05) is 19.7 Å². The Morgan fingerprint density at radius 3 is 2.47 bits per heavy atom. The van der Waals surface area contributed by atoms with Crippen molar-refractivity contribution in [3.8, 4) is 0 Å². The lowest BCUT2D eigenvalue weighted by Crippen LogP contribution is -2.46. The Morgan fingerprint density at radius 1 is 1.32 bits per heavy atom. The number of hydrazine groups is 1. The number of nitrogens with two attached hydrogens (primary N) is 1. The van der Waals surface area contributed by atoms with Crippen molar-refractivity contribution in [1.82, 2.24) is 10.4 Å². The van der Waals surface area contributed by atoms with Crippen LogP contribution >= 0.6 is 0 Å². The Hall–Kier alpha value is -2.64. The molecule has 7 nitrogen and oxygen atoms in total. The van der Waals surface area contributed by atoms with Gasteiger partial charge in [0.2, 0.25) is 5.91 Å². The average molecular weight is 268 g/mol. The molecule has 1 rings (SSSR count). The lowest BCUT2D eigenvalue weighted by Gasteiger charge is -2.16. The van der Waals surface area contributed by atoms with Crippen molar-refractivity contribution in [1.29, 1.82) is 0 Å². The van der Waals surface area contributed by atoms with Gasteiger partial charge < -0.3 is 11.1 Å². The molecule has 0 saturated carbocycles. The summed E-state index contributed by atoms with van der Waals surface area (Å²) >= 11 is 0. The Morgan fingerprint density at radius 2 is 1.95 bits per heavy atom. The van der Waals surface area contributed by atoms with Crippen LogP contribution in [0.5, 0.6) is 0 Å². The van der Waals surface area contributed by atoms with Crippen molar-refractivity contribution in [2.24, 2.45) is 5.73 Å². The minimum atomic E-state index is -0.897. The molecule has 0 saturated heterocycles. The molecule has 0 radical (unpaired) electrons. The van der Waals surface area contributed by atoms with Gasteiger partial charge in [-0.2, -0.15) is 0 Å². The second kappa shape index (κ2) is 5.80. The maximum Gasteiger partial charge on any atom is 0.333 e. The van der Waals surface area contributed by atoms with Crippen molar-refractivity contribution in [3.63, 3.8) is 0 Å². The second-order valence-corrected chi connectivity index (χ2v) is 3.71. The maximum absolute atomic E-state index is 13.5. The van der Waals surface area contributed by atoms with Gasteiger partial charge in [-0.1, -0.05) is 0 Å². The minimum Gasteiger partial charge on any atom is -0.350 e. The summed E-state index contributed by atoms with van der Waals surface area (Å²) in [5, 5.41) is 3.13. The molecule has 0 heterocycles. The van der Waals surface area contributed by atoms with Crippen molar-refractivity contribution >= 4 is 23.5 Å². The van der Waals surface area contributed by atoms with Gasteiger partial charge in [0.25, 0.3) is 5.91 Å². The number of primary amides is 1. The third-order valence-electron chi connectivity index (χ3n) is 2.13. The summed E-state index contributed by atoms with van der Waals surface area (Å²) in [5.74, 6) is -2.00. The van der Waals surface area contributed by atoms with Crippen LogP contribution in [0.1, 0.15) is 17.3 Å². The van der Waals surface area contributed by atoms with Gasteiger partial charge in [-0.3, -0.25) is 15.0 Å². The van der Waals surface area contributed by atoms with E-state index in [2.05, 4.69) is 10.7 Å². The van der Waals surface area contributed by atoms with Crippen LogP contribution < -0.4 is 16.5 Å². The summed E-state index contributed by atoms with van der Waals surface area (Å²) in [6.45, 7) is 1.28. The van der Waals surface area contributed by atoms with Gasteiger partial charge in [0.1, 0.15) is 5.82 Å². The molecule has 0 spiro atoms. The van der Waals surface area contributed by atoms with Crippen LogP contribution in [0.3, 0.4) is 0 Å². The molecule has 4 amide bonds. The van der Waals surface area contributed by atoms with Crippen LogP contribution in [0, 0.1) is 5.82 Å². The van der Waals surface area contributed by atoms with Gasteiger partial charge in [-0.05, 0) is 18.2 Å². The van der Waals surface area contributed by atoms with E-state index in [9.17, 15) is 18.8 Å². The first-order chi connectivity index (χ1) is 8.81. The number of nitrogens with zero attached hydrogens (tertiary/aromatic N) is 1. The highest BCUT2D eigenvalue weighted by atomic mass is 19.1. The topological polar surface area (TPSA) is 105 Å². The molecular formula is C11H13FN4O3. The van der Waals surface area contributed by atoms with E-state index in [1.54, 1.807) is 0 Å². The minimum absolute atomic E-state index is 0.265. The number of rotatable bonds is 2. The van der Waals surface area contributed by atoms with Crippen molar-refractivity contribution in [2.75, 3.05) is 12.4 Å². The zero-order valence-corrected chi connectivity index (χ0v) is 10.4. The number of halogens is 1. The molecular weight excluding hydrogens is 255 g/mol. The quantitative estimate of drug-likeness (QED) is 0.678. The number of anilines is 1. The van der Waals surface area contributed by atoms with E-state index >= 15 is 0 Å². The smallest absolute Gasteiger partial charge is 0.333 e. The monoisotopic (exact) mass is 268 g/mol. The highest BCUT2D eigenvalue weighted by molar-refractivity contribution is 5.97. The SMILES string of the molecule is CC(=O)Nc1ccc(F)c(C(=O)NN(C)C(N)=O)c1. The largest absolute Gasteiger partial charge is 0.350 e. The van der Waals surface area contributed by atoms with E-state index in [-0.39, 0.29) is 17.2 Å². The van der Waals surface area contributed by atoms with Crippen LogP contribution in [-0.2, 0) is 4.79 Å². The normalized spacial score (nSPS) is 9.63. The molecule has 0 aliphatic carbocycles. The number of carbonyl (C=O) groups is 3. The Labute approximate surface area is 108 Å². The van der Waals surface area contributed by atoms with Crippen molar-refractivity contribution < 1.29 is 18.8 Å². The summed E-state index contributed by atoms with van der Waals surface area (Å²) in [6.07, 6.45) is 0. The highest BCUT2D eigenvalue weighted by Crippen LogP contribution is 2.14. The van der Waals surface area contributed by atoms with E-state index in [1.165, 1.54) is 20.0 Å². The second-order valence-electron chi connectivity index (χ2n) is 3.71. The number of hydrogen-bond acceptors (Lipinski definition) is 3. The number of urea groups is 1. The number of nitrogens with one attached hydrogen (secondary N) is 2. The molecule has 0 fully saturated rings. The van der Waals surface area contributed by atoms with Crippen molar-refractivity contribution in [3.05, 3.63) is 29.6 Å². The average Bonchev–Trinajstić information content (AvgIpc) is 2.30. The first kappa shape index (κ1) is 14.4. The van der Waals surface area contributed by atoms with E-state index in [0.717, 1.165) is 12.1 Å². The zero-order chi connectivity index (χ0) is 14.6.